The molecule has 5 nitrogen and oxygen atoms in total. The highest BCUT2D eigenvalue weighted by molar-refractivity contribution is 5.75. The molecule has 0 unspecified atom stereocenters. The lowest BCUT2D eigenvalue weighted by Gasteiger charge is -2.04. The Hall–Kier alpha value is -1.39. The normalized spacial score (nSPS) is 10.6. The van der Waals surface area contributed by atoms with Crippen molar-refractivity contribution in [3.63, 3.8) is 0 Å². The first-order valence-corrected chi connectivity index (χ1v) is 4.64. The monoisotopic (exact) mass is 197 g/mol. The lowest BCUT2D eigenvalue weighted by molar-refractivity contribution is -0.122. The highest BCUT2D eigenvalue weighted by Gasteiger charge is 2.06. The minimum atomic E-state index is 0.0162. The van der Waals surface area contributed by atoms with Crippen molar-refractivity contribution < 1.29 is 9.32 Å². The van der Waals surface area contributed by atoms with E-state index < -0.39 is 0 Å². The molecule has 0 saturated heterocycles. The van der Waals surface area contributed by atoms with E-state index in [4.69, 9.17) is 4.52 Å². The summed E-state index contributed by atoms with van der Waals surface area (Å²) in [6.07, 6.45) is 0.525. The molecule has 1 amide bonds. The minimum Gasteiger partial charge on any atom is -0.349 e. The van der Waals surface area contributed by atoms with Crippen LogP contribution in [-0.2, 0) is 11.3 Å². The van der Waals surface area contributed by atoms with Crippen LogP contribution >= 0.6 is 0 Å². The van der Waals surface area contributed by atoms with Gasteiger partial charge in [-0.05, 0) is 5.92 Å². The quantitative estimate of drug-likeness (QED) is 0.783. The van der Waals surface area contributed by atoms with E-state index in [-0.39, 0.29) is 5.91 Å². The van der Waals surface area contributed by atoms with E-state index in [2.05, 4.69) is 15.5 Å². The van der Waals surface area contributed by atoms with Gasteiger partial charge in [0.05, 0.1) is 6.54 Å². The van der Waals surface area contributed by atoms with E-state index in [0.29, 0.717) is 30.6 Å². The van der Waals surface area contributed by atoms with E-state index in [9.17, 15) is 4.79 Å². The summed E-state index contributed by atoms with van der Waals surface area (Å²) in [7, 11) is 0. The van der Waals surface area contributed by atoms with Gasteiger partial charge in [-0.25, -0.2) is 0 Å². The number of amides is 1. The Morgan fingerprint density at radius 1 is 1.57 bits per heavy atom. The number of hydrogen-bond donors (Lipinski definition) is 1. The van der Waals surface area contributed by atoms with Gasteiger partial charge in [0.2, 0.25) is 11.8 Å². The Labute approximate surface area is 82.9 Å². The minimum absolute atomic E-state index is 0.0162. The molecule has 0 spiro atoms. The van der Waals surface area contributed by atoms with Crippen LogP contribution in [-0.4, -0.2) is 16.0 Å². The lowest BCUT2D eigenvalue weighted by atomic mass is 10.1. The highest BCUT2D eigenvalue weighted by atomic mass is 16.5. The van der Waals surface area contributed by atoms with Gasteiger partial charge in [-0.1, -0.05) is 19.0 Å². The van der Waals surface area contributed by atoms with Crippen LogP contribution in [0, 0.1) is 12.8 Å². The predicted octanol–water partition coefficient (Wildman–Crippen LogP) is 1.04. The average molecular weight is 197 g/mol. The van der Waals surface area contributed by atoms with Crippen LogP contribution in [0.3, 0.4) is 0 Å². The molecule has 1 aromatic heterocycles. The second-order valence-electron chi connectivity index (χ2n) is 3.60. The van der Waals surface area contributed by atoms with Crippen molar-refractivity contribution in [1.82, 2.24) is 15.5 Å². The van der Waals surface area contributed by atoms with E-state index in [1.54, 1.807) is 6.92 Å². The van der Waals surface area contributed by atoms with E-state index in [1.807, 2.05) is 13.8 Å². The third-order valence-electron chi connectivity index (χ3n) is 1.61. The molecule has 1 heterocycles. The van der Waals surface area contributed by atoms with Crippen molar-refractivity contribution in [3.05, 3.63) is 11.7 Å². The van der Waals surface area contributed by atoms with Crippen LogP contribution in [0.15, 0.2) is 4.52 Å². The molecule has 0 aliphatic carbocycles. The fraction of sp³-hybridized carbons (Fsp3) is 0.667. The average Bonchev–Trinajstić information content (AvgIpc) is 2.47. The van der Waals surface area contributed by atoms with Crippen molar-refractivity contribution in [3.8, 4) is 0 Å². The second-order valence-corrected chi connectivity index (χ2v) is 3.60. The first-order valence-electron chi connectivity index (χ1n) is 4.64. The zero-order valence-electron chi connectivity index (χ0n) is 8.70. The number of carbonyl (C=O) groups is 1. The molecule has 1 aromatic rings. The second kappa shape index (κ2) is 4.74. The molecular formula is C9H15N3O2. The number of nitrogens with zero attached hydrogens (tertiary/aromatic N) is 2. The highest BCUT2D eigenvalue weighted by Crippen LogP contribution is 1.99. The Morgan fingerprint density at radius 3 is 2.79 bits per heavy atom. The summed E-state index contributed by atoms with van der Waals surface area (Å²) in [4.78, 5) is 15.2. The Balaban J connectivity index is 2.30. The van der Waals surface area contributed by atoms with Gasteiger partial charge in [-0.2, -0.15) is 4.98 Å². The fourth-order valence-electron chi connectivity index (χ4n) is 1.03. The molecule has 0 aliphatic heterocycles. The van der Waals surface area contributed by atoms with Crippen LogP contribution < -0.4 is 5.32 Å². The Bertz CT molecular complexity index is 307. The molecule has 0 fully saturated rings. The maximum atomic E-state index is 11.2. The lowest BCUT2D eigenvalue weighted by Crippen LogP contribution is -2.24. The number of aryl methyl sites for hydroxylation is 1. The largest absolute Gasteiger partial charge is 0.349 e. The Morgan fingerprint density at radius 2 is 2.29 bits per heavy atom. The number of aromatic nitrogens is 2. The smallest absolute Gasteiger partial charge is 0.223 e. The van der Waals surface area contributed by atoms with Crippen molar-refractivity contribution >= 4 is 5.91 Å². The summed E-state index contributed by atoms with van der Waals surface area (Å²) in [6, 6.07) is 0. The van der Waals surface area contributed by atoms with Crippen LogP contribution in [0.5, 0.6) is 0 Å². The molecule has 0 saturated carbocycles. The van der Waals surface area contributed by atoms with Gasteiger partial charge in [-0.15, -0.1) is 0 Å². The van der Waals surface area contributed by atoms with Gasteiger partial charge in [0.15, 0.2) is 5.82 Å². The summed E-state index contributed by atoms with van der Waals surface area (Å²) in [5.74, 6) is 1.40. The Kier molecular flexibility index (Phi) is 3.62. The molecular weight excluding hydrogens is 182 g/mol. The standard InChI is InChI=1S/C9H15N3O2/c1-6(2)4-9(13)10-5-8-11-7(3)14-12-8/h6H,4-5H2,1-3H3,(H,10,13). The fourth-order valence-corrected chi connectivity index (χ4v) is 1.03. The van der Waals surface area contributed by atoms with Crippen LogP contribution in [0.25, 0.3) is 0 Å². The molecule has 5 heteroatoms. The van der Waals surface area contributed by atoms with Gasteiger partial charge >= 0.3 is 0 Å². The van der Waals surface area contributed by atoms with Crippen LogP contribution in [0.1, 0.15) is 32.0 Å². The number of carbonyl (C=O) groups excluding carboxylic acids is 1. The van der Waals surface area contributed by atoms with Gasteiger partial charge in [0, 0.05) is 13.3 Å². The summed E-state index contributed by atoms with van der Waals surface area (Å²) in [6.45, 7) is 6.05. The summed E-state index contributed by atoms with van der Waals surface area (Å²) < 4.78 is 4.77. The van der Waals surface area contributed by atoms with Gasteiger partial charge < -0.3 is 9.84 Å². The maximum Gasteiger partial charge on any atom is 0.223 e. The predicted molar refractivity (Wildman–Crippen MR) is 50.3 cm³/mol. The number of rotatable bonds is 4. The topological polar surface area (TPSA) is 68.0 Å². The molecule has 0 bridgehead atoms. The summed E-state index contributed by atoms with van der Waals surface area (Å²) in [5, 5.41) is 6.39. The molecule has 0 aliphatic rings. The zero-order chi connectivity index (χ0) is 10.6. The van der Waals surface area contributed by atoms with Crippen LogP contribution in [0.4, 0.5) is 0 Å². The van der Waals surface area contributed by atoms with E-state index in [0.717, 1.165) is 0 Å². The summed E-state index contributed by atoms with van der Waals surface area (Å²) >= 11 is 0. The zero-order valence-corrected chi connectivity index (χ0v) is 8.70. The third-order valence-corrected chi connectivity index (χ3v) is 1.61. The SMILES string of the molecule is Cc1nc(CNC(=O)CC(C)C)no1. The van der Waals surface area contributed by atoms with Gasteiger partial charge in [0.25, 0.3) is 0 Å². The summed E-state index contributed by atoms with van der Waals surface area (Å²) in [5.41, 5.74) is 0. The van der Waals surface area contributed by atoms with Crippen molar-refractivity contribution in [1.29, 1.82) is 0 Å². The van der Waals surface area contributed by atoms with E-state index in [1.165, 1.54) is 0 Å². The number of hydrogen-bond acceptors (Lipinski definition) is 4. The van der Waals surface area contributed by atoms with Crippen molar-refractivity contribution in [2.45, 2.75) is 33.7 Å². The first-order chi connectivity index (χ1) is 6.58. The molecule has 0 atom stereocenters. The molecule has 0 aromatic carbocycles. The van der Waals surface area contributed by atoms with Gasteiger partial charge in [-0.3, -0.25) is 4.79 Å². The third kappa shape index (κ3) is 3.55. The van der Waals surface area contributed by atoms with E-state index >= 15 is 0 Å². The molecule has 1 rings (SSSR count). The first kappa shape index (κ1) is 10.7. The van der Waals surface area contributed by atoms with Gasteiger partial charge in [0.1, 0.15) is 0 Å². The molecule has 78 valence electrons. The molecule has 14 heavy (non-hydrogen) atoms. The molecule has 0 radical (unpaired) electrons. The maximum absolute atomic E-state index is 11.2. The van der Waals surface area contributed by atoms with Crippen LogP contribution in [0.2, 0.25) is 0 Å². The number of nitrogens with one attached hydrogen (secondary N) is 1. The van der Waals surface area contributed by atoms with Crippen molar-refractivity contribution in [2.24, 2.45) is 5.92 Å². The van der Waals surface area contributed by atoms with Crippen molar-refractivity contribution in [2.75, 3.05) is 0 Å². The molecule has 1 N–H and O–H groups in total.